The molecule has 104 valence electrons. The number of benzene rings is 1. The van der Waals surface area contributed by atoms with Gasteiger partial charge in [0.05, 0.1) is 6.10 Å². The molecule has 0 spiro atoms. The number of rotatable bonds is 5. The van der Waals surface area contributed by atoms with Gasteiger partial charge in [-0.1, -0.05) is 31.5 Å². The van der Waals surface area contributed by atoms with E-state index >= 15 is 0 Å². The number of ketones is 1. The third-order valence-electron chi connectivity index (χ3n) is 3.80. The van der Waals surface area contributed by atoms with Crippen molar-refractivity contribution in [2.24, 2.45) is 5.92 Å². The maximum Gasteiger partial charge on any atom is 0.138 e. The summed E-state index contributed by atoms with van der Waals surface area (Å²) in [6, 6.07) is 10.3. The standard InChI is InChI=1S/C16H22O2S/c1-12(19-13-8-4-3-5-9-13)16(18-2)14-10-6-7-11-15(14)17/h3-5,8-9,12,14,16H,6-7,10-11H2,1-2H3/t12-,14+,16-/m0/s1. The van der Waals surface area contributed by atoms with Gasteiger partial charge in [0.15, 0.2) is 0 Å². The van der Waals surface area contributed by atoms with Crippen LogP contribution in [0.25, 0.3) is 0 Å². The minimum absolute atomic E-state index is 0.0259. The summed E-state index contributed by atoms with van der Waals surface area (Å²) in [5, 5.41) is 0.291. The smallest absolute Gasteiger partial charge is 0.138 e. The van der Waals surface area contributed by atoms with Gasteiger partial charge in [-0.2, -0.15) is 0 Å². The van der Waals surface area contributed by atoms with Crippen LogP contribution < -0.4 is 0 Å². The molecule has 0 saturated heterocycles. The molecule has 1 aromatic carbocycles. The van der Waals surface area contributed by atoms with Crippen LogP contribution in [0.1, 0.15) is 32.6 Å². The Morgan fingerprint density at radius 2 is 2.00 bits per heavy atom. The van der Waals surface area contributed by atoms with E-state index in [2.05, 4.69) is 19.1 Å². The van der Waals surface area contributed by atoms with Crippen molar-refractivity contribution in [3.63, 3.8) is 0 Å². The van der Waals surface area contributed by atoms with Crippen molar-refractivity contribution < 1.29 is 9.53 Å². The van der Waals surface area contributed by atoms with E-state index in [0.717, 1.165) is 25.7 Å². The van der Waals surface area contributed by atoms with E-state index in [-0.39, 0.29) is 12.0 Å². The van der Waals surface area contributed by atoms with E-state index in [9.17, 15) is 4.79 Å². The lowest BCUT2D eigenvalue weighted by atomic mass is 9.83. The summed E-state index contributed by atoms with van der Waals surface area (Å²) in [5.41, 5.74) is 0. The first-order valence-corrected chi connectivity index (χ1v) is 7.87. The van der Waals surface area contributed by atoms with Gasteiger partial charge in [0, 0.05) is 29.6 Å². The summed E-state index contributed by atoms with van der Waals surface area (Å²) >= 11 is 1.79. The minimum atomic E-state index is 0.0259. The fourth-order valence-electron chi connectivity index (χ4n) is 2.82. The average Bonchev–Trinajstić information content (AvgIpc) is 2.43. The van der Waals surface area contributed by atoms with Gasteiger partial charge in [0.1, 0.15) is 5.78 Å². The number of Topliss-reactive ketones (excluding diaryl/α,β-unsaturated/α-hetero) is 1. The molecule has 2 nitrogen and oxygen atoms in total. The molecule has 1 aromatic rings. The van der Waals surface area contributed by atoms with Crippen molar-refractivity contribution in [1.82, 2.24) is 0 Å². The van der Waals surface area contributed by atoms with Crippen LogP contribution in [0.3, 0.4) is 0 Å². The van der Waals surface area contributed by atoms with Crippen molar-refractivity contribution in [2.75, 3.05) is 7.11 Å². The Hall–Kier alpha value is -0.800. The summed E-state index contributed by atoms with van der Waals surface area (Å²) < 4.78 is 5.65. The molecule has 0 unspecified atom stereocenters. The maximum atomic E-state index is 12.1. The van der Waals surface area contributed by atoms with Crippen molar-refractivity contribution in [3.8, 4) is 0 Å². The molecule has 0 amide bonds. The van der Waals surface area contributed by atoms with Crippen LogP contribution in [0.4, 0.5) is 0 Å². The Bertz CT molecular complexity index is 404. The number of thioether (sulfide) groups is 1. The van der Waals surface area contributed by atoms with E-state index < -0.39 is 0 Å². The number of carbonyl (C=O) groups excluding carboxylic acids is 1. The van der Waals surface area contributed by atoms with E-state index in [4.69, 9.17) is 4.74 Å². The van der Waals surface area contributed by atoms with Gasteiger partial charge in [-0.3, -0.25) is 4.79 Å². The molecule has 19 heavy (non-hydrogen) atoms. The summed E-state index contributed by atoms with van der Waals surface area (Å²) in [5.74, 6) is 0.476. The molecule has 3 atom stereocenters. The Morgan fingerprint density at radius 1 is 1.26 bits per heavy atom. The predicted octanol–water partition coefficient (Wildman–Crippen LogP) is 3.94. The molecule has 0 aliphatic heterocycles. The monoisotopic (exact) mass is 278 g/mol. The Kier molecular flexibility index (Phi) is 5.46. The number of carbonyl (C=O) groups is 1. The molecule has 3 heteroatoms. The fraction of sp³-hybridized carbons (Fsp3) is 0.562. The first kappa shape index (κ1) is 14.6. The first-order valence-electron chi connectivity index (χ1n) is 6.99. The summed E-state index contributed by atoms with van der Waals surface area (Å²) in [7, 11) is 1.73. The van der Waals surface area contributed by atoms with Crippen molar-refractivity contribution in [3.05, 3.63) is 30.3 Å². The highest BCUT2D eigenvalue weighted by molar-refractivity contribution is 8.00. The molecule has 0 bridgehead atoms. The highest BCUT2D eigenvalue weighted by atomic mass is 32.2. The van der Waals surface area contributed by atoms with Gasteiger partial charge in [0.25, 0.3) is 0 Å². The molecule has 1 saturated carbocycles. The number of hydrogen-bond donors (Lipinski definition) is 0. The third kappa shape index (κ3) is 3.83. The number of ether oxygens (including phenoxy) is 1. The van der Waals surface area contributed by atoms with Gasteiger partial charge >= 0.3 is 0 Å². The predicted molar refractivity (Wildman–Crippen MR) is 79.5 cm³/mol. The average molecular weight is 278 g/mol. The quantitative estimate of drug-likeness (QED) is 0.763. The molecular formula is C16H22O2S. The number of hydrogen-bond acceptors (Lipinski definition) is 3. The Balaban J connectivity index is 2.02. The zero-order valence-electron chi connectivity index (χ0n) is 11.7. The molecule has 1 aliphatic carbocycles. The lowest BCUT2D eigenvalue weighted by Crippen LogP contribution is -2.38. The molecular weight excluding hydrogens is 256 g/mol. The van der Waals surface area contributed by atoms with Gasteiger partial charge in [0.2, 0.25) is 0 Å². The zero-order chi connectivity index (χ0) is 13.7. The van der Waals surface area contributed by atoms with Crippen molar-refractivity contribution >= 4 is 17.5 Å². The summed E-state index contributed by atoms with van der Waals surface area (Å²) in [6.07, 6.45) is 3.94. The van der Waals surface area contributed by atoms with Crippen LogP contribution in [-0.2, 0) is 9.53 Å². The molecule has 0 aromatic heterocycles. The molecule has 0 heterocycles. The van der Waals surface area contributed by atoms with Crippen LogP contribution >= 0.6 is 11.8 Å². The summed E-state index contributed by atoms with van der Waals surface area (Å²) in [4.78, 5) is 13.3. The van der Waals surface area contributed by atoms with Gasteiger partial charge in [-0.05, 0) is 25.0 Å². The molecule has 1 aliphatic rings. The lowest BCUT2D eigenvalue weighted by molar-refractivity contribution is -0.129. The van der Waals surface area contributed by atoms with Crippen LogP contribution in [0.2, 0.25) is 0 Å². The van der Waals surface area contributed by atoms with E-state index in [0.29, 0.717) is 11.0 Å². The van der Waals surface area contributed by atoms with Gasteiger partial charge in [-0.15, -0.1) is 11.8 Å². The highest BCUT2D eigenvalue weighted by Crippen LogP contribution is 2.33. The molecule has 0 N–H and O–H groups in total. The second-order valence-electron chi connectivity index (χ2n) is 5.15. The molecule has 1 fully saturated rings. The topological polar surface area (TPSA) is 26.3 Å². The maximum absolute atomic E-state index is 12.1. The van der Waals surface area contributed by atoms with E-state index in [1.807, 2.05) is 18.2 Å². The van der Waals surface area contributed by atoms with Crippen molar-refractivity contribution in [2.45, 2.75) is 48.9 Å². The Labute approximate surface area is 119 Å². The molecule has 0 radical (unpaired) electrons. The normalized spacial score (nSPS) is 23.1. The van der Waals surface area contributed by atoms with Crippen molar-refractivity contribution in [1.29, 1.82) is 0 Å². The largest absolute Gasteiger partial charge is 0.380 e. The molecule has 2 rings (SSSR count). The first-order chi connectivity index (χ1) is 9.22. The zero-order valence-corrected chi connectivity index (χ0v) is 12.5. The fourth-order valence-corrected chi connectivity index (χ4v) is 4.00. The number of methoxy groups -OCH3 is 1. The third-order valence-corrected chi connectivity index (χ3v) is 4.98. The van der Waals surface area contributed by atoms with E-state index in [1.165, 1.54) is 4.90 Å². The second-order valence-corrected chi connectivity index (χ2v) is 6.61. The van der Waals surface area contributed by atoms with Gasteiger partial charge < -0.3 is 4.74 Å². The summed E-state index contributed by atoms with van der Waals surface area (Å²) in [6.45, 7) is 2.16. The van der Waals surface area contributed by atoms with Crippen LogP contribution in [0, 0.1) is 5.92 Å². The van der Waals surface area contributed by atoms with E-state index in [1.54, 1.807) is 18.9 Å². The lowest BCUT2D eigenvalue weighted by Gasteiger charge is -2.31. The Morgan fingerprint density at radius 3 is 2.63 bits per heavy atom. The SMILES string of the molecule is CO[C@@H]([C@H](C)Sc1ccccc1)[C@@H]1CCCCC1=O. The second kappa shape index (κ2) is 7.11. The highest BCUT2D eigenvalue weighted by Gasteiger charge is 2.34. The minimum Gasteiger partial charge on any atom is -0.380 e. The van der Waals surface area contributed by atoms with Crippen LogP contribution in [0.5, 0.6) is 0 Å². The van der Waals surface area contributed by atoms with Gasteiger partial charge in [-0.25, -0.2) is 0 Å². The van der Waals surface area contributed by atoms with Crippen LogP contribution in [0.15, 0.2) is 35.2 Å². The van der Waals surface area contributed by atoms with Crippen LogP contribution in [-0.4, -0.2) is 24.2 Å².